The lowest BCUT2D eigenvalue weighted by Crippen LogP contribution is -2.45. The summed E-state index contributed by atoms with van der Waals surface area (Å²) >= 11 is 12.1. The van der Waals surface area contributed by atoms with Gasteiger partial charge in [0.25, 0.3) is 0 Å². The molecular weight excluding hydrogens is 255 g/mol. The van der Waals surface area contributed by atoms with Crippen LogP contribution in [0, 0.1) is 5.92 Å². The molecule has 1 saturated heterocycles. The summed E-state index contributed by atoms with van der Waals surface area (Å²) in [5, 5.41) is 1.42. The molecule has 0 amide bonds. The SMILES string of the molecule is CC1CC(N)CN(Cc2ccc(Cl)cc2Cl)C1. The van der Waals surface area contributed by atoms with E-state index in [1.54, 1.807) is 6.07 Å². The van der Waals surface area contributed by atoms with Crippen molar-refractivity contribution in [3.8, 4) is 0 Å². The Bertz CT molecular complexity index is 385. The van der Waals surface area contributed by atoms with Crippen LogP contribution in [-0.4, -0.2) is 24.0 Å². The van der Waals surface area contributed by atoms with E-state index in [0.717, 1.165) is 36.6 Å². The summed E-state index contributed by atoms with van der Waals surface area (Å²) in [7, 11) is 0. The van der Waals surface area contributed by atoms with Crippen LogP contribution in [0.15, 0.2) is 18.2 Å². The van der Waals surface area contributed by atoms with Gasteiger partial charge in [0.2, 0.25) is 0 Å². The van der Waals surface area contributed by atoms with Crippen molar-refractivity contribution in [1.29, 1.82) is 0 Å². The molecule has 2 nitrogen and oxygen atoms in total. The normalized spacial score (nSPS) is 26.1. The van der Waals surface area contributed by atoms with E-state index < -0.39 is 0 Å². The maximum absolute atomic E-state index is 6.18. The molecule has 1 heterocycles. The van der Waals surface area contributed by atoms with Gasteiger partial charge >= 0.3 is 0 Å². The summed E-state index contributed by atoms with van der Waals surface area (Å²) in [6.45, 7) is 5.14. The van der Waals surface area contributed by atoms with Gasteiger partial charge in [0.1, 0.15) is 0 Å². The third kappa shape index (κ3) is 3.59. The highest BCUT2D eigenvalue weighted by Gasteiger charge is 2.22. The van der Waals surface area contributed by atoms with Gasteiger partial charge in [-0.1, -0.05) is 36.2 Å². The Morgan fingerprint density at radius 1 is 1.35 bits per heavy atom. The van der Waals surface area contributed by atoms with Gasteiger partial charge in [-0.3, -0.25) is 4.90 Å². The van der Waals surface area contributed by atoms with Crippen molar-refractivity contribution < 1.29 is 0 Å². The highest BCUT2D eigenvalue weighted by atomic mass is 35.5. The Morgan fingerprint density at radius 3 is 2.76 bits per heavy atom. The Kier molecular flexibility index (Phi) is 4.31. The standard InChI is InChI=1S/C13H18Cl2N2/c1-9-4-12(16)8-17(6-9)7-10-2-3-11(14)5-13(10)15/h2-3,5,9,12H,4,6-8,16H2,1H3. The molecule has 2 rings (SSSR count). The average molecular weight is 273 g/mol. The quantitative estimate of drug-likeness (QED) is 0.896. The first-order valence-corrected chi connectivity index (χ1v) is 6.72. The van der Waals surface area contributed by atoms with Crippen molar-refractivity contribution >= 4 is 23.2 Å². The molecular formula is C13H18Cl2N2. The summed E-state index contributed by atoms with van der Waals surface area (Å²) in [4.78, 5) is 2.37. The molecule has 2 atom stereocenters. The topological polar surface area (TPSA) is 29.3 Å². The van der Waals surface area contributed by atoms with Crippen LogP contribution in [0.5, 0.6) is 0 Å². The Morgan fingerprint density at radius 2 is 2.12 bits per heavy atom. The number of benzene rings is 1. The molecule has 0 bridgehead atoms. The van der Waals surface area contributed by atoms with E-state index in [1.807, 2.05) is 12.1 Å². The molecule has 1 aromatic carbocycles. The van der Waals surface area contributed by atoms with Crippen LogP contribution in [0.3, 0.4) is 0 Å². The van der Waals surface area contributed by atoms with Crippen molar-refractivity contribution in [3.63, 3.8) is 0 Å². The number of likely N-dealkylation sites (tertiary alicyclic amines) is 1. The number of piperidine rings is 1. The van der Waals surface area contributed by atoms with Crippen molar-refractivity contribution in [2.75, 3.05) is 13.1 Å². The van der Waals surface area contributed by atoms with Gasteiger partial charge in [0, 0.05) is 35.7 Å². The molecule has 1 aliphatic heterocycles. The molecule has 0 aromatic heterocycles. The van der Waals surface area contributed by atoms with Gasteiger partial charge in [0.05, 0.1) is 0 Å². The molecule has 4 heteroatoms. The Labute approximate surface area is 113 Å². The monoisotopic (exact) mass is 272 g/mol. The molecule has 1 aliphatic rings. The molecule has 94 valence electrons. The second-order valence-electron chi connectivity index (χ2n) is 5.03. The van der Waals surface area contributed by atoms with E-state index in [0.29, 0.717) is 10.9 Å². The van der Waals surface area contributed by atoms with Crippen LogP contribution in [0.2, 0.25) is 10.0 Å². The zero-order chi connectivity index (χ0) is 12.4. The molecule has 0 saturated carbocycles. The number of nitrogens with two attached hydrogens (primary N) is 1. The Balaban J connectivity index is 2.04. The molecule has 17 heavy (non-hydrogen) atoms. The van der Waals surface area contributed by atoms with Crippen molar-refractivity contribution in [3.05, 3.63) is 33.8 Å². The highest BCUT2D eigenvalue weighted by molar-refractivity contribution is 6.35. The van der Waals surface area contributed by atoms with Gasteiger partial charge in [-0.15, -0.1) is 0 Å². The van der Waals surface area contributed by atoms with Crippen LogP contribution in [0.25, 0.3) is 0 Å². The number of rotatable bonds is 2. The smallest absolute Gasteiger partial charge is 0.0465 e. The van der Waals surface area contributed by atoms with Gasteiger partial charge in [-0.2, -0.15) is 0 Å². The van der Waals surface area contributed by atoms with Crippen molar-refractivity contribution in [2.24, 2.45) is 11.7 Å². The van der Waals surface area contributed by atoms with Crippen LogP contribution in [0.4, 0.5) is 0 Å². The summed E-state index contributed by atoms with van der Waals surface area (Å²) in [6, 6.07) is 5.96. The van der Waals surface area contributed by atoms with Gasteiger partial charge in [0.15, 0.2) is 0 Å². The first-order valence-electron chi connectivity index (χ1n) is 5.96. The number of halogens is 2. The zero-order valence-corrected chi connectivity index (χ0v) is 11.5. The number of hydrogen-bond donors (Lipinski definition) is 1. The van der Waals surface area contributed by atoms with Crippen LogP contribution in [-0.2, 0) is 6.54 Å². The van der Waals surface area contributed by atoms with E-state index in [2.05, 4.69) is 11.8 Å². The largest absolute Gasteiger partial charge is 0.327 e. The fourth-order valence-corrected chi connectivity index (χ4v) is 3.00. The maximum Gasteiger partial charge on any atom is 0.0465 e. The predicted octanol–water partition coefficient (Wildman–Crippen LogP) is 3.16. The fourth-order valence-electron chi connectivity index (χ4n) is 2.53. The van der Waals surface area contributed by atoms with Crippen LogP contribution >= 0.6 is 23.2 Å². The zero-order valence-electron chi connectivity index (χ0n) is 10.00. The lowest BCUT2D eigenvalue weighted by atomic mass is 9.96. The van der Waals surface area contributed by atoms with E-state index >= 15 is 0 Å². The van der Waals surface area contributed by atoms with Crippen LogP contribution < -0.4 is 5.73 Å². The summed E-state index contributed by atoms with van der Waals surface area (Å²) in [5.74, 6) is 0.657. The fraction of sp³-hybridized carbons (Fsp3) is 0.538. The van der Waals surface area contributed by atoms with E-state index in [4.69, 9.17) is 28.9 Å². The second-order valence-corrected chi connectivity index (χ2v) is 5.87. The van der Waals surface area contributed by atoms with E-state index in [-0.39, 0.29) is 6.04 Å². The van der Waals surface area contributed by atoms with Crippen LogP contribution in [0.1, 0.15) is 18.9 Å². The minimum Gasteiger partial charge on any atom is -0.327 e. The maximum atomic E-state index is 6.18. The lowest BCUT2D eigenvalue weighted by molar-refractivity contribution is 0.158. The average Bonchev–Trinajstić information content (AvgIpc) is 2.21. The minimum absolute atomic E-state index is 0.282. The molecule has 0 radical (unpaired) electrons. The summed E-state index contributed by atoms with van der Waals surface area (Å²) in [5.41, 5.74) is 7.16. The minimum atomic E-state index is 0.282. The molecule has 2 unspecified atom stereocenters. The second kappa shape index (κ2) is 5.57. The Hall–Kier alpha value is -0.280. The first-order chi connectivity index (χ1) is 8.04. The third-order valence-electron chi connectivity index (χ3n) is 3.18. The number of hydrogen-bond acceptors (Lipinski definition) is 2. The third-order valence-corrected chi connectivity index (χ3v) is 3.76. The molecule has 1 aromatic rings. The molecule has 0 spiro atoms. The van der Waals surface area contributed by atoms with Gasteiger partial charge in [-0.25, -0.2) is 0 Å². The highest BCUT2D eigenvalue weighted by Crippen LogP contribution is 2.24. The lowest BCUT2D eigenvalue weighted by Gasteiger charge is -2.34. The van der Waals surface area contributed by atoms with Gasteiger partial charge < -0.3 is 5.73 Å². The van der Waals surface area contributed by atoms with Gasteiger partial charge in [-0.05, 0) is 30.0 Å². The first kappa shape index (κ1) is 13.2. The van der Waals surface area contributed by atoms with Crippen molar-refractivity contribution in [1.82, 2.24) is 4.90 Å². The van der Waals surface area contributed by atoms with E-state index in [1.165, 1.54) is 0 Å². The van der Waals surface area contributed by atoms with E-state index in [9.17, 15) is 0 Å². The molecule has 0 aliphatic carbocycles. The molecule has 2 N–H and O–H groups in total. The summed E-state index contributed by atoms with van der Waals surface area (Å²) in [6.07, 6.45) is 1.12. The predicted molar refractivity (Wildman–Crippen MR) is 73.5 cm³/mol. The van der Waals surface area contributed by atoms with Crippen molar-refractivity contribution in [2.45, 2.75) is 25.9 Å². The number of nitrogens with zero attached hydrogens (tertiary/aromatic N) is 1. The summed E-state index contributed by atoms with van der Waals surface area (Å²) < 4.78 is 0. The molecule has 1 fully saturated rings.